The predicted molar refractivity (Wildman–Crippen MR) is 54.7 cm³/mol. The van der Waals surface area contributed by atoms with Crippen LogP contribution in [0, 0.1) is 0 Å². The van der Waals surface area contributed by atoms with Crippen molar-refractivity contribution in [1.82, 2.24) is 9.44 Å². The highest BCUT2D eigenvalue weighted by Crippen LogP contribution is 1.94. The molecule has 0 saturated carbocycles. The van der Waals surface area contributed by atoms with Crippen molar-refractivity contribution in [2.45, 2.75) is 0 Å². The van der Waals surface area contributed by atoms with Crippen molar-refractivity contribution in [3.8, 4) is 0 Å². The van der Waals surface area contributed by atoms with E-state index in [0.29, 0.717) is 12.3 Å². The fourth-order valence-electron chi connectivity index (χ4n) is 0.797. The molecule has 8 heteroatoms. The summed E-state index contributed by atoms with van der Waals surface area (Å²) in [6.45, 7) is 0.446. The van der Waals surface area contributed by atoms with Gasteiger partial charge in [-0.2, -0.15) is 21.0 Å². The molecule has 0 spiro atoms. The number of hydrogen-bond acceptors (Lipinski definition) is 5. The van der Waals surface area contributed by atoms with Gasteiger partial charge in [0.15, 0.2) is 11.7 Å². The average Bonchev–Trinajstić information content (AvgIpc) is 2.37. The predicted octanol–water partition coefficient (Wildman–Crippen LogP) is -1.22. The molecule has 2 N–H and O–H groups in total. The Bertz CT molecular complexity index is 346. The molecule has 1 aliphatic heterocycles. The largest absolute Gasteiger partial charge is 0.324 e. The maximum absolute atomic E-state index is 11.0. The highest BCUT2D eigenvalue weighted by Gasteiger charge is 2.27. The zero-order valence-electron chi connectivity index (χ0n) is 6.98. The van der Waals surface area contributed by atoms with Crippen molar-refractivity contribution in [2.75, 3.05) is 19.3 Å². The van der Waals surface area contributed by atoms with Gasteiger partial charge >= 0.3 is 10.2 Å². The summed E-state index contributed by atoms with van der Waals surface area (Å²) in [6, 6.07) is 0. The van der Waals surface area contributed by atoms with E-state index in [0.717, 1.165) is 0 Å². The van der Waals surface area contributed by atoms with Crippen LogP contribution < -0.4 is 9.44 Å². The molecule has 0 aromatic rings. The SMILES string of the molecule is CN=C1NS(=O)(=O)NC1=NCCS. The quantitative estimate of drug-likeness (QED) is 0.512. The number of amidine groups is 2. The van der Waals surface area contributed by atoms with Crippen molar-refractivity contribution in [3.05, 3.63) is 0 Å². The molecule has 0 atom stereocenters. The van der Waals surface area contributed by atoms with Crippen molar-refractivity contribution in [3.63, 3.8) is 0 Å². The minimum absolute atomic E-state index is 0.238. The molecule has 0 radical (unpaired) electrons. The van der Waals surface area contributed by atoms with Crippen LogP contribution in [-0.2, 0) is 10.2 Å². The summed E-state index contributed by atoms with van der Waals surface area (Å²) >= 11 is 3.95. The number of aliphatic imine (C=N–C) groups is 2. The van der Waals surface area contributed by atoms with E-state index in [1.54, 1.807) is 0 Å². The van der Waals surface area contributed by atoms with Crippen LogP contribution >= 0.6 is 12.6 Å². The van der Waals surface area contributed by atoms with Gasteiger partial charge < -0.3 is 0 Å². The first-order valence-electron chi connectivity index (χ1n) is 3.52. The van der Waals surface area contributed by atoms with Gasteiger partial charge in [0.05, 0.1) is 6.54 Å². The molecular formula is C5H10N4O2S2. The van der Waals surface area contributed by atoms with E-state index in [1.165, 1.54) is 7.05 Å². The van der Waals surface area contributed by atoms with Crippen molar-refractivity contribution >= 4 is 34.5 Å². The van der Waals surface area contributed by atoms with Crippen LogP contribution in [-0.4, -0.2) is 39.4 Å². The zero-order chi connectivity index (χ0) is 9.90. The minimum atomic E-state index is -3.47. The maximum Gasteiger partial charge on any atom is 0.324 e. The first kappa shape index (κ1) is 10.3. The highest BCUT2D eigenvalue weighted by molar-refractivity contribution is 7.89. The second-order valence-electron chi connectivity index (χ2n) is 2.23. The van der Waals surface area contributed by atoms with E-state index in [-0.39, 0.29) is 11.7 Å². The van der Waals surface area contributed by atoms with E-state index >= 15 is 0 Å². The highest BCUT2D eigenvalue weighted by atomic mass is 32.2. The Balaban J connectivity index is 2.88. The Morgan fingerprint density at radius 2 is 2.00 bits per heavy atom. The first-order valence-corrected chi connectivity index (χ1v) is 5.63. The smallest absolute Gasteiger partial charge is 0.268 e. The van der Waals surface area contributed by atoms with Gasteiger partial charge in [0.25, 0.3) is 0 Å². The van der Waals surface area contributed by atoms with E-state index < -0.39 is 10.2 Å². The van der Waals surface area contributed by atoms with Crippen LogP contribution in [0.1, 0.15) is 0 Å². The molecule has 13 heavy (non-hydrogen) atoms. The molecule has 0 aromatic carbocycles. The monoisotopic (exact) mass is 222 g/mol. The molecule has 1 fully saturated rings. The number of rotatable bonds is 2. The maximum atomic E-state index is 11.0. The zero-order valence-corrected chi connectivity index (χ0v) is 8.69. The van der Waals surface area contributed by atoms with Gasteiger partial charge in [-0.05, 0) is 0 Å². The first-order chi connectivity index (χ1) is 6.09. The van der Waals surface area contributed by atoms with Crippen LogP contribution in [0.5, 0.6) is 0 Å². The van der Waals surface area contributed by atoms with Gasteiger partial charge in [-0.15, -0.1) is 0 Å². The van der Waals surface area contributed by atoms with Crippen LogP contribution in [0.2, 0.25) is 0 Å². The molecule has 74 valence electrons. The molecule has 0 aromatic heterocycles. The van der Waals surface area contributed by atoms with E-state index in [4.69, 9.17) is 0 Å². The summed E-state index contributed by atoms with van der Waals surface area (Å²) < 4.78 is 26.3. The summed E-state index contributed by atoms with van der Waals surface area (Å²) in [5.74, 6) is 1.04. The van der Waals surface area contributed by atoms with Crippen molar-refractivity contribution < 1.29 is 8.42 Å². The lowest BCUT2D eigenvalue weighted by molar-refractivity contribution is 0.591. The van der Waals surface area contributed by atoms with E-state index in [2.05, 4.69) is 32.1 Å². The van der Waals surface area contributed by atoms with Crippen molar-refractivity contribution in [2.24, 2.45) is 9.98 Å². The Labute approximate surface area is 82.1 Å². The van der Waals surface area contributed by atoms with Gasteiger partial charge in [-0.1, -0.05) is 0 Å². The minimum Gasteiger partial charge on any atom is -0.268 e. The van der Waals surface area contributed by atoms with Gasteiger partial charge in [0, 0.05) is 12.8 Å². The summed E-state index contributed by atoms with van der Waals surface area (Å²) in [5.41, 5.74) is 0. The number of hydrogen-bond donors (Lipinski definition) is 3. The lowest BCUT2D eigenvalue weighted by Crippen LogP contribution is -2.24. The van der Waals surface area contributed by atoms with Gasteiger partial charge in [-0.3, -0.25) is 9.98 Å². The molecule has 1 rings (SSSR count). The standard InChI is InChI=1S/C5H10N4O2S2/c1-6-4-5(7-2-3-12)9-13(10,11)8-4/h12H,2-3H2,1H3,(H,6,8)(H,7,9). The van der Waals surface area contributed by atoms with Gasteiger partial charge in [-0.25, -0.2) is 9.44 Å². The number of nitrogens with one attached hydrogen (secondary N) is 2. The third-order valence-electron chi connectivity index (χ3n) is 1.28. The fourth-order valence-corrected chi connectivity index (χ4v) is 1.81. The summed E-state index contributed by atoms with van der Waals surface area (Å²) in [7, 11) is -1.99. The molecule has 1 aliphatic rings. The molecular weight excluding hydrogens is 212 g/mol. The number of thiol groups is 1. The Hall–Kier alpha value is -0.760. The number of nitrogens with zero attached hydrogens (tertiary/aromatic N) is 2. The fraction of sp³-hybridized carbons (Fsp3) is 0.600. The topological polar surface area (TPSA) is 82.9 Å². The molecule has 0 amide bonds. The van der Waals surface area contributed by atoms with Gasteiger partial charge in [0.2, 0.25) is 0 Å². The normalized spacial score (nSPS) is 26.0. The molecule has 6 nitrogen and oxygen atoms in total. The van der Waals surface area contributed by atoms with Crippen LogP contribution in [0.15, 0.2) is 9.98 Å². The van der Waals surface area contributed by atoms with Crippen LogP contribution in [0.3, 0.4) is 0 Å². The lowest BCUT2D eigenvalue weighted by atomic mass is 10.5. The summed E-state index contributed by atoms with van der Waals surface area (Å²) in [4.78, 5) is 7.67. The van der Waals surface area contributed by atoms with Gasteiger partial charge in [0.1, 0.15) is 0 Å². The van der Waals surface area contributed by atoms with E-state index in [1.807, 2.05) is 0 Å². The Morgan fingerprint density at radius 3 is 2.54 bits per heavy atom. The molecule has 0 aliphatic carbocycles. The van der Waals surface area contributed by atoms with Crippen molar-refractivity contribution in [1.29, 1.82) is 0 Å². The average molecular weight is 222 g/mol. The third kappa shape index (κ3) is 2.59. The summed E-state index contributed by atoms with van der Waals surface area (Å²) in [6.07, 6.45) is 0. The second kappa shape index (κ2) is 3.97. The lowest BCUT2D eigenvalue weighted by Gasteiger charge is -1.93. The molecule has 1 saturated heterocycles. The molecule has 0 bridgehead atoms. The molecule has 0 unspecified atom stereocenters. The third-order valence-corrected chi connectivity index (χ3v) is 2.40. The summed E-state index contributed by atoms with van der Waals surface area (Å²) in [5, 5.41) is 0. The van der Waals surface area contributed by atoms with Crippen LogP contribution in [0.4, 0.5) is 0 Å². The Kier molecular flexibility index (Phi) is 3.15. The second-order valence-corrected chi connectivity index (χ2v) is 4.10. The Morgan fingerprint density at radius 1 is 1.38 bits per heavy atom. The molecule has 1 heterocycles. The van der Waals surface area contributed by atoms with E-state index in [9.17, 15) is 8.42 Å². The van der Waals surface area contributed by atoms with Crippen LogP contribution in [0.25, 0.3) is 0 Å².